The number of aryl methyl sites for hydroxylation is 1. The van der Waals surface area contributed by atoms with E-state index in [0.29, 0.717) is 5.82 Å². The van der Waals surface area contributed by atoms with E-state index in [2.05, 4.69) is 25.1 Å². The fraction of sp³-hybridized carbons (Fsp3) is 0.545. The number of nitrogens with zero attached hydrogens (tertiary/aromatic N) is 5. The smallest absolute Gasteiger partial charge is 0.352 e. The highest BCUT2D eigenvalue weighted by Gasteiger charge is 2.05. The van der Waals surface area contributed by atoms with Gasteiger partial charge in [-0.05, 0) is 34.6 Å². The van der Waals surface area contributed by atoms with Crippen molar-refractivity contribution in [2.45, 2.75) is 34.6 Å². The number of aromatic nitrogens is 3. The Morgan fingerprint density at radius 3 is 2.28 bits per heavy atom. The van der Waals surface area contributed by atoms with Gasteiger partial charge in [-0.3, -0.25) is 4.99 Å². The Morgan fingerprint density at radius 1 is 1.00 bits per heavy atom. The zero-order valence-corrected chi connectivity index (χ0v) is 11.3. The standard InChI is InChI=1S/C11H17N5O2/c1-7(2)12-6-17-10-13-9(5)14-11(15-10)18-16-8(3)4/h6H2,1-5H3. The second-order valence-electron chi connectivity index (χ2n) is 3.96. The van der Waals surface area contributed by atoms with E-state index in [1.54, 1.807) is 6.92 Å². The van der Waals surface area contributed by atoms with Gasteiger partial charge in [-0.2, -0.15) is 9.97 Å². The maximum absolute atomic E-state index is 5.27. The van der Waals surface area contributed by atoms with Crippen LogP contribution in [0, 0.1) is 6.92 Å². The summed E-state index contributed by atoms with van der Waals surface area (Å²) in [5.41, 5.74) is 1.69. The van der Waals surface area contributed by atoms with Crippen LogP contribution in [0.25, 0.3) is 0 Å². The minimum atomic E-state index is 0.107. The molecule has 0 saturated carbocycles. The van der Waals surface area contributed by atoms with Crippen LogP contribution in [0.1, 0.15) is 33.5 Å². The van der Waals surface area contributed by atoms with Crippen LogP contribution in [-0.2, 0) is 0 Å². The number of oxime groups is 1. The molecular formula is C11H17N5O2. The first-order valence-corrected chi connectivity index (χ1v) is 5.48. The van der Waals surface area contributed by atoms with Crippen molar-refractivity contribution in [3.05, 3.63) is 5.82 Å². The number of hydrogen-bond acceptors (Lipinski definition) is 7. The third kappa shape index (κ3) is 5.33. The largest absolute Gasteiger partial charge is 0.440 e. The minimum Gasteiger partial charge on any atom is -0.440 e. The van der Waals surface area contributed by atoms with Gasteiger partial charge >= 0.3 is 12.0 Å². The average molecular weight is 251 g/mol. The molecule has 0 radical (unpaired) electrons. The third-order valence-electron chi connectivity index (χ3n) is 1.59. The van der Waals surface area contributed by atoms with Gasteiger partial charge in [0.1, 0.15) is 5.82 Å². The molecule has 0 aliphatic carbocycles. The lowest BCUT2D eigenvalue weighted by molar-refractivity contribution is 0.273. The summed E-state index contributed by atoms with van der Waals surface area (Å²) >= 11 is 0. The van der Waals surface area contributed by atoms with E-state index in [0.717, 1.165) is 11.4 Å². The Balaban J connectivity index is 2.74. The van der Waals surface area contributed by atoms with E-state index < -0.39 is 0 Å². The van der Waals surface area contributed by atoms with E-state index in [4.69, 9.17) is 9.57 Å². The highest BCUT2D eigenvalue weighted by molar-refractivity contribution is 5.79. The topological polar surface area (TPSA) is 81.9 Å². The normalized spacial score (nSPS) is 9.61. The first-order valence-electron chi connectivity index (χ1n) is 5.48. The van der Waals surface area contributed by atoms with Gasteiger partial charge in [-0.1, -0.05) is 5.16 Å². The fourth-order valence-electron chi connectivity index (χ4n) is 0.890. The van der Waals surface area contributed by atoms with E-state index in [1.165, 1.54) is 0 Å². The van der Waals surface area contributed by atoms with Gasteiger partial charge in [-0.15, -0.1) is 4.98 Å². The lowest BCUT2D eigenvalue weighted by Gasteiger charge is -2.03. The molecule has 1 heterocycles. The van der Waals surface area contributed by atoms with Crippen LogP contribution >= 0.6 is 0 Å². The molecule has 0 bridgehead atoms. The summed E-state index contributed by atoms with van der Waals surface area (Å²) in [6.07, 6.45) is 0. The number of hydrogen-bond donors (Lipinski definition) is 0. The Labute approximate surface area is 106 Å². The number of ether oxygens (including phenoxy) is 1. The average Bonchev–Trinajstić information content (AvgIpc) is 2.25. The van der Waals surface area contributed by atoms with Gasteiger partial charge < -0.3 is 9.57 Å². The maximum atomic E-state index is 5.27. The first kappa shape index (κ1) is 14.0. The van der Waals surface area contributed by atoms with Crippen LogP contribution in [0.4, 0.5) is 0 Å². The Bertz CT molecular complexity index is 463. The summed E-state index contributed by atoms with van der Waals surface area (Å²) in [7, 11) is 0. The molecule has 0 saturated heterocycles. The summed E-state index contributed by atoms with van der Waals surface area (Å²) in [5, 5.41) is 3.77. The van der Waals surface area contributed by atoms with E-state index in [9.17, 15) is 0 Å². The molecule has 1 aromatic rings. The SMILES string of the molecule is CC(C)=NCOc1nc(C)nc(ON=C(C)C)n1. The zero-order chi connectivity index (χ0) is 13.5. The molecule has 7 nitrogen and oxygen atoms in total. The van der Waals surface area contributed by atoms with Gasteiger partial charge in [0.15, 0.2) is 6.73 Å². The predicted molar refractivity (Wildman–Crippen MR) is 68.3 cm³/mol. The molecule has 0 spiro atoms. The van der Waals surface area contributed by atoms with Gasteiger partial charge in [0, 0.05) is 5.71 Å². The van der Waals surface area contributed by atoms with Crippen molar-refractivity contribution in [1.29, 1.82) is 0 Å². The molecule has 0 amide bonds. The lowest BCUT2D eigenvalue weighted by atomic mass is 10.5. The zero-order valence-electron chi connectivity index (χ0n) is 11.3. The molecule has 0 fully saturated rings. The quantitative estimate of drug-likeness (QED) is 0.588. The summed E-state index contributed by atoms with van der Waals surface area (Å²) < 4.78 is 5.27. The molecule has 0 aliphatic rings. The second-order valence-corrected chi connectivity index (χ2v) is 3.96. The van der Waals surface area contributed by atoms with Crippen molar-refractivity contribution in [1.82, 2.24) is 15.0 Å². The molecule has 18 heavy (non-hydrogen) atoms. The summed E-state index contributed by atoms with van der Waals surface area (Å²) in [4.78, 5) is 21.1. The number of aliphatic imine (C=N–C) groups is 1. The van der Waals surface area contributed by atoms with Crippen molar-refractivity contribution >= 4 is 11.4 Å². The van der Waals surface area contributed by atoms with E-state index >= 15 is 0 Å². The fourth-order valence-corrected chi connectivity index (χ4v) is 0.890. The Kier molecular flexibility index (Phi) is 5.16. The molecular weight excluding hydrogens is 234 g/mol. The molecule has 1 rings (SSSR count). The number of rotatable bonds is 5. The molecule has 0 N–H and O–H groups in total. The molecule has 98 valence electrons. The lowest BCUT2D eigenvalue weighted by Crippen LogP contribution is -2.05. The van der Waals surface area contributed by atoms with Gasteiger partial charge in [-0.25, -0.2) is 0 Å². The molecule has 0 unspecified atom stereocenters. The maximum Gasteiger partial charge on any atom is 0.352 e. The van der Waals surface area contributed by atoms with Crippen molar-refractivity contribution in [3.8, 4) is 12.0 Å². The van der Waals surface area contributed by atoms with Crippen LogP contribution in [0.5, 0.6) is 12.0 Å². The van der Waals surface area contributed by atoms with Gasteiger partial charge in [0.25, 0.3) is 0 Å². The van der Waals surface area contributed by atoms with Crippen molar-refractivity contribution in [3.63, 3.8) is 0 Å². The minimum absolute atomic E-state index is 0.107. The van der Waals surface area contributed by atoms with Crippen molar-refractivity contribution in [2.75, 3.05) is 6.73 Å². The highest BCUT2D eigenvalue weighted by Crippen LogP contribution is 2.09. The molecule has 0 aliphatic heterocycles. The van der Waals surface area contributed by atoms with Crippen LogP contribution in [-0.4, -0.2) is 33.1 Å². The molecule has 0 atom stereocenters. The van der Waals surface area contributed by atoms with Gasteiger partial charge in [0.2, 0.25) is 0 Å². The summed E-state index contributed by atoms with van der Waals surface area (Å²) in [5.74, 6) is 0.496. The third-order valence-corrected chi connectivity index (χ3v) is 1.59. The van der Waals surface area contributed by atoms with Crippen LogP contribution in [0.15, 0.2) is 10.1 Å². The van der Waals surface area contributed by atoms with Crippen molar-refractivity contribution in [2.24, 2.45) is 10.1 Å². The van der Waals surface area contributed by atoms with E-state index in [1.807, 2.05) is 27.7 Å². The highest BCUT2D eigenvalue weighted by atomic mass is 16.6. The summed E-state index contributed by atoms with van der Waals surface area (Å²) in [6, 6.07) is 0.280. The monoisotopic (exact) mass is 251 g/mol. The van der Waals surface area contributed by atoms with Crippen LogP contribution in [0.2, 0.25) is 0 Å². The molecule has 1 aromatic heterocycles. The Hall–Kier alpha value is -2.05. The first-order chi connectivity index (χ1) is 8.47. The van der Waals surface area contributed by atoms with Crippen molar-refractivity contribution < 1.29 is 9.57 Å². The van der Waals surface area contributed by atoms with Gasteiger partial charge in [0.05, 0.1) is 5.71 Å². The second kappa shape index (κ2) is 6.63. The Morgan fingerprint density at radius 2 is 1.67 bits per heavy atom. The predicted octanol–water partition coefficient (Wildman–Crippen LogP) is 1.77. The molecule has 7 heteroatoms. The van der Waals surface area contributed by atoms with Crippen LogP contribution < -0.4 is 9.57 Å². The molecule has 0 aromatic carbocycles. The van der Waals surface area contributed by atoms with Crippen LogP contribution in [0.3, 0.4) is 0 Å². The van der Waals surface area contributed by atoms with E-state index in [-0.39, 0.29) is 18.8 Å². The summed E-state index contributed by atoms with van der Waals surface area (Å²) in [6.45, 7) is 9.28.